The molecule has 0 saturated carbocycles. The van der Waals surface area contributed by atoms with Crippen molar-refractivity contribution in [3.8, 4) is 6.07 Å². The van der Waals surface area contributed by atoms with E-state index in [0.29, 0.717) is 12.0 Å². The molecule has 1 aromatic carbocycles. The standard InChI is InChI=1S/C15H20N2O3/c1-14(2,3)15(19,10-20-13(17)18)8-11-4-6-12(9-16)7-5-11/h4-7,19H,8,10H2,1-3H3,(H2,17,18). The maximum atomic E-state index is 10.8. The van der Waals surface area contributed by atoms with Crippen LogP contribution >= 0.6 is 0 Å². The number of carbonyl (C=O) groups excluding carboxylic acids is 1. The Morgan fingerprint density at radius 3 is 2.30 bits per heavy atom. The maximum absolute atomic E-state index is 10.8. The van der Waals surface area contributed by atoms with E-state index in [0.717, 1.165) is 5.56 Å². The maximum Gasteiger partial charge on any atom is 0.404 e. The van der Waals surface area contributed by atoms with Gasteiger partial charge in [-0.15, -0.1) is 0 Å². The zero-order valence-corrected chi connectivity index (χ0v) is 12.0. The van der Waals surface area contributed by atoms with Gasteiger partial charge in [-0.3, -0.25) is 0 Å². The van der Waals surface area contributed by atoms with E-state index in [1.165, 1.54) is 0 Å². The molecular formula is C15H20N2O3. The monoisotopic (exact) mass is 276 g/mol. The Morgan fingerprint density at radius 2 is 1.90 bits per heavy atom. The first kappa shape index (κ1) is 16.0. The zero-order chi connectivity index (χ0) is 15.4. The highest BCUT2D eigenvalue weighted by atomic mass is 16.6. The SMILES string of the molecule is CC(C)(C)C(O)(COC(N)=O)Cc1ccc(C#N)cc1. The van der Waals surface area contributed by atoms with Crippen LogP contribution in [0.1, 0.15) is 31.9 Å². The van der Waals surface area contributed by atoms with E-state index < -0.39 is 17.1 Å². The summed E-state index contributed by atoms with van der Waals surface area (Å²) >= 11 is 0. The van der Waals surface area contributed by atoms with E-state index in [1.807, 2.05) is 26.8 Å². The molecule has 0 fully saturated rings. The molecule has 20 heavy (non-hydrogen) atoms. The third-order valence-corrected chi connectivity index (χ3v) is 3.43. The first-order valence-corrected chi connectivity index (χ1v) is 6.31. The number of rotatable bonds is 4. The lowest BCUT2D eigenvalue weighted by molar-refractivity contribution is -0.0951. The van der Waals surface area contributed by atoms with Crippen LogP contribution in [0.3, 0.4) is 0 Å². The third-order valence-electron chi connectivity index (χ3n) is 3.43. The molecule has 0 aliphatic heterocycles. The van der Waals surface area contributed by atoms with Gasteiger partial charge in [0.2, 0.25) is 0 Å². The first-order valence-electron chi connectivity index (χ1n) is 6.31. The van der Waals surface area contributed by atoms with E-state index in [1.54, 1.807) is 24.3 Å². The molecule has 0 saturated heterocycles. The molecule has 0 heterocycles. The summed E-state index contributed by atoms with van der Waals surface area (Å²) in [6, 6.07) is 8.97. The minimum absolute atomic E-state index is 0.175. The molecule has 5 nitrogen and oxygen atoms in total. The minimum Gasteiger partial charge on any atom is -0.447 e. The second-order valence-electron chi connectivity index (χ2n) is 5.87. The fourth-order valence-electron chi connectivity index (χ4n) is 1.76. The van der Waals surface area contributed by atoms with Gasteiger partial charge in [-0.05, 0) is 23.1 Å². The Morgan fingerprint density at radius 1 is 1.35 bits per heavy atom. The van der Waals surface area contributed by atoms with Crippen molar-refractivity contribution in [2.45, 2.75) is 32.8 Å². The van der Waals surface area contributed by atoms with Gasteiger partial charge < -0.3 is 15.6 Å². The Labute approximate surface area is 119 Å². The van der Waals surface area contributed by atoms with Gasteiger partial charge in [-0.25, -0.2) is 4.79 Å². The summed E-state index contributed by atoms with van der Waals surface area (Å²) < 4.78 is 4.79. The molecule has 0 aromatic heterocycles. The third kappa shape index (κ3) is 3.97. The van der Waals surface area contributed by atoms with Crippen molar-refractivity contribution in [3.63, 3.8) is 0 Å². The molecular weight excluding hydrogens is 256 g/mol. The van der Waals surface area contributed by atoms with E-state index in [9.17, 15) is 9.90 Å². The number of benzene rings is 1. The molecule has 0 radical (unpaired) electrons. The Hall–Kier alpha value is -2.06. The Bertz CT molecular complexity index is 511. The average molecular weight is 276 g/mol. The van der Waals surface area contributed by atoms with Crippen LogP contribution in [0.4, 0.5) is 4.79 Å². The van der Waals surface area contributed by atoms with Crippen LogP contribution in [0.2, 0.25) is 0 Å². The highest BCUT2D eigenvalue weighted by Crippen LogP contribution is 2.33. The average Bonchev–Trinajstić information content (AvgIpc) is 2.36. The van der Waals surface area contributed by atoms with Crippen molar-refractivity contribution in [1.29, 1.82) is 5.26 Å². The smallest absolute Gasteiger partial charge is 0.404 e. The molecule has 3 N–H and O–H groups in total. The van der Waals surface area contributed by atoms with Crippen LogP contribution in [0.25, 0.3) is 0 Å². The molecule has 0 bridgehead atoms. The number of nitrogens with two attached hydrogens (primary N) is 1. The minimum atomic E-state index is -1.24. The molecule has 0 aliphatic rings. The van der Waals surface area contributed by atoms with Gasteiger partial charge in [-0.2, -0.15) is 5.26 Å². The molecule has 1 amide bonds. The van der Waals surface area contributed by atoms with Gasteiger partial charge in [-0.1, -0.05) is 32.9 Å². The second kappa shape index (κ2) is 5.93. The van der Waals surface area contributed by atoms with Crippen LogP contribution < -0.4 is 5.73 Å². The van der Waals surface area contributed by atoms with Crippen molar-refractivity contribution in [2.75, 3.05) is 6.61 Å². The van der Waals surface area contributed by atoms with Gasteiger partial charge in [0.15, 0.2) is 0 Å². The lowest BCUT2D eigenvalue weighted by atomic mass is 9.73. The molecule has 0 spiro atoms. The summed E-state index contributed by atoms with van der Waals surface area (Å²) in [5.41, 5.74) is 4.64. The number of primary amides is 1. The number of ether oxygens (including phenoxy) is 1. The Kier molecular flexibility index (Phi) is 4.74. The number of aliphatic hydroxyl groups is 1. The van der Waals surface area contributed by atoms with E-state index in [-0.39, 0.29) is 6.61 Å². The zero-order valence-electron chi connectivity index (χ0n) is 12.0. The predicted octanol–water partition coefficient (Wildman–Crippen LogP) is 1.97. The lowest BCUT2D eigenvalue weighted by Crippen LogP contribution is -2.49. The Balaban J connectivity index is 2.94. The molecule has 1 aromatic rings. The van der Waals surface area contributed by atoms with E-state index in [2.05, 4.69) is 0 Å². The molecule has 108 valence electrons. The van der Waals surface area contributed by atoms with E-state index in [4.69, 9.17) is 15.7 Å². The number of hydrogen-bond acceptors (Lipinski definition) is 4. The number of nitrogens with zero attached hydrogens (tertiary/aromatic N) is 1. The van der Waals surface area contributed by atoms with Crippen molar-refractivity contribution < 1.29 is 14.6 Å². The molecule has 1 rings (SSSR count). The summed E-state index contributed by atoms with van der Waals surface area (Å²) in [6.45, 7) is 5.41. The second-order valence-corrected chi connectivity index (χ2v) is 5.87. The normalized spacial score (nSPS) is 14.2. The van der Waals surface area contributed by atoms with Crippen LogP contribution in [-0.4, -0.2) is 23.4 Å². The highest BCUT2D eigenvalue weighted by Gasteiger charge is 2.41. The van der Waals surface area contributed by atoms with E-state index >= 15 is 0 Å². The van der Waals surface area contributed by atoms with Gasteiger partial charge in [0.05, 0.1) is 11.6 Å². The van der Waals surface area contributed by atoms with Crippen molar-refractivity contribution in [1.82, 2.24) is 0 Å². The highest BCUT2D eigenvalue weighted by molar-refractivity contribution is 5.64. The number of nitriles is 1. The van der Waals surface area contributed by atoms with Gasteiger partial charge >= 0.3 is 6.09 Å². The summed E-state index contributed by atoms with van der Waals surface area (Å²) in [6.07, 6.45) is -0.609. The number of carbonyl (C=O) groups is 1. The van der Waals surface area contributed by atoms with Crippen LogP contribution in [0.15, 0.2) is 24.3 Å². The van der Waals surface area contributed by atoms with Gasteiger partial charge in [0.25, 0.3) is 0 Å². The summed E-state index contributed by atoms with van der Waals surface area (Å²) in [4.78, 5) is 10.8. The topological polar surface area (TPSA) is 96.3 Å². The summed E-state index contributed by atoms with van der Waals surface area (Å²) in [5.74, 6) is 0. The van der Waals surface area contributed by atoms with Crippen LogP contribution in [0, 0.1) is 16.7 Å². The molecule has 5 heteroatoms. The predicted molar refractivity (Wildman–Crippen MR) is 74.8 cm³/mol. The van der Waals surface area contributed by atoms with Crippen molar-refractivity contribution in [3.05, 3.63) is 35.4 Å². The van der Waals surface area contributed by atoms with Crippen LogP contribution in [0.5, 0.6) is 0 Å². The molecule has 1 unspecified atom stereocenters. The van der Waals surface area contributed by atoms with Crippen molar-refractivity contribution >= 4 is 6.09 Å². The number of hydrogen-bond donors (Lipinski definition) is 2. The van der Waals surface area contributed by atoms with Crippen molar-refractivity contribution in [2.24, 2.45) is 11.1 Å². The molecule has 1 atom stereocenters. The number of amides is 1. The quantitative estimate of drug-likeness (QED) is 0.878. The fraction of sp³-hybridized carbons (Fsp3) is 0.467. The van der Waals surface area contributed by atoms with Gasteiger partial charge in [0.1, 0.15) is 12.2 Å². The summed E-state index contributed by atoms with van der Waals surface area (Å²) in [5, 5.41) is 19.5. The molecule has 0 aliphatic carbocycles. The largest absolute Gasteiger partial charge is 0.447 e. The fourth-order valence-corrected chi connectivity index (χ4v) is 1.76. The van der Waals surface area contributed by atoms with Gasteiger partial charge in [0, 0.05) is 6.42 Å². The lowest BCUT2D eigenvalue weighted by Gasteiger charge is -2.39. The summed E-state index contributed by atoms with van der Waals surface area (Å²) in [7, 11) is 0. The first-order chi connectivity index (χ1) is 9.18. The van der Waals surface area contributed by atoms with Crippen LogP contribution in [-0.2, 0) is 11.2 Å².